The minimum absolute atomic E-state index is 0.0711. The van der Waals surface area contributed by atoms with Crippen LogP contribution in [0.15, 0.2) is 18.2 Å². The Balaban J connectivity index is 2.31. The summed E-state index contributed by atoms with van der Waals surface area (Å²) >= 11 is 0. The van der Waals surface area contributed by atoms with Gasteiger partial charge in [-0.1, -0.05) is 19.1 Å². The lowest BCUT2D eigenvalue weighted by atomic mass is 9.80. The Labute approximate surface area is 90.7 Å². The van der Waals surface area contributed by atoms with Gasteiger partial charge < -0.3 is 5.32 Å². The second-order valence-electron chi connectivity index (χ2n) is 4.53. The molecule has 0 aromatic heterocycles. The molecule has 0 saturated carbocycles. The summed E-state index contributed by atoms with van der Waals surface area (Å²) in [6, 6.07) is 5.45. The second kappa shape index (κ2) is 4.31. The molecule has 2 unspecified atom stereocenters. The van der Waals surface area contributed by atoms with Gasteiger partial charge in [0.2, 0.25) is 0 Å². The summed E-state index contributed by atoms with van der Waals surface area (Å²) in [4.78, 5) is 0. The number of hydrogen-bond donors (Lipinski definition) is 1. The van der Waals surface area contributed by atoms with Gasteiger partial charge in [-0.25, -0.2) is 4.39 Å². The summed E-state index contributed by atoms with van der Waals surface area (Å²) in [7, 11) is 0. The van der Waals surface area contributed by atoms with Crippen molar-refractivity contribution in [3.8, 4) is 0 Å². The summed E-state index contributed by atoms with van der Waals surface area (Å²) in [5.41, 5.74) is 2.03. The number of hydrogen-bond acceptors (Lipinski definition) is 1. The zero-order chi connectivity index (χ0) is 10.8. The van der Waals surface area contributed by atoms with Crippen molar-refractivity contribution in [1.29, 1.82) is 0 Å². The maximum absolute atomic E-state index is 13.4. The van der Waals surface area contributed by atoms with Gasteiger partial charge in [0.15, 0.2) is 0 Å². The fraction of sp³-hybridized carbons (Fsp3) is 0.538. The minimum atomic E-state index is -0.0711. The maximum atomic E-state index is 13.4. The van der Waals surface area contributed by atoms with Gasteiger partial charge in [-0.3, -0.25) is 0 Å². The molecule has 1 nitrogen and oxygen atoms in total. The van der Waals surface area contributed by atoms with Gasteiger partial charge >= 0.3 is 0 Å². The summed E-state index contributed by atoms with van der Waals surface area (Å²) in [6.45, 7) is 6.21. The highest BCUT2D eigenvalue weighted by atomic mass is 19.1. The van der Waals surface area contributed by atoms with Crippen LogP contribution in [0, 0.1) is 18.7 Å². The topological polar surface area (TPSA) is 12.0 Å². The van der Waals surface area contributed by atoms with Gasteiger partial charge in [0.1, 0.15) is 5.82 Å². The monoisotopic (exact) mass is 207 g/mol. The second-order valence-corrected chi connectivity index (χ2v) is 4.53. The summed E-state index contributed by atoms with van der Waals surface area (Å²) in [5.74, 6) is 1.04. The molecule has 1 aliphatic heterocycles. The predicted octanol–water partition coefficient (Wildman–Crippen LogP) is 2.85. The molecule has 1 aromatic carbocycles. The third-order valence-corrected chi connectivity index (χ3v) is 3.49. The van der Waals surface area contributed by atoms with Crippen LogP contribution < -0.4 is 5.32 Å². The van der Waals surface area contributed by atoms with E-state index in [1.807, 2.05) is 13.0 Å². The number of halogens is 1. The highest BCUT2D eigenvalue weighted by molar-refractivity contribution is 5.31. The molecule has 15 heavy (non-hydrogen) atoms. The van der Waals surface area contributed by atoms with Crippen LogP contribution >= 0.6 is 0 Å². The Bertz CT molecular complexity index is 348. The third-order valence-electron chi connectivity index (χ3n) is 3.49. The van der Waals surface area contributed by atoms with E-state index in [-0.39, 0.29) is 5.82 Å². The van der Waals surface area contributed by atoms with Crippen LogP contribution in [0.5, 0.6) is 0 Å². The van der Waals surface area contributed by atoms with Crippen molar-refractivity contribution in [3.63, 3.8) is 0 Å². The standard InChI is InChI=1S/C13H18FN/c1-9-8-15-7-6-11(9)12-4-3-5-13(14)10(12)2/h3-5,9,11,15H,6-8H2,1-2H3. The van der Waals surface area contributed by atoms with Crippen molar-refractivity contribution in [2.45, 2.75) is 26.2 Å². The molecule has 2 heteroatoms. The smallest absolute Gasteiger partial charge is 0.126 e. The van der Waals surface area contributed by atoms with Crippen LogP contribution in [-0.2, 0) is 0 Å². The first-order chi connectivity index (χ1) is 7.20. The average molecular weight is 207 g/mol. The molecular weight excluding hydrogens is 189 g/mol. The van der Waals surface area contributed by atoms with Crippen molar-refractivity contribution in [2.75, 3.05) is 13.1 Å². The average Bonchev–Trinajstić information content (AvgIpc) is 2.23. The molecule has 0 amide bonds. The van der Waals surface area contributed by atoms with Gasteiger partial charge in [-0.05, 0) is 55.5 Å². The Hall–Kier alpha value is -0.890. The number of nitrogens with one attached hydrogen (secondary N) is 1. The highest BCUT2D eigenvalue weighted by Gasteiger charge is 2.24. The molecule has 1 aliphatic rings. The van der Waals surface area contributed by atoms with Crippen molar-refractivity contribution in [1.82, 2.24) is 5.32 Å². The first-order valence-corrected chi connectivity index (χ1v) is 5.66. The SMILES string of the molecule is Cc1c(F)cccc1C1CCNCC1C. The molecular formula is C13H18FN. The molecule has 0 aliphatic carbocycles. The molecule has 1 heterocycles. The van der Waals surface area contributed by atoms with Gasteiger partial charge in [0.25, 0.3) is 0 Å². The van der Waals surface area contributed by atoms with E-state index in [0.717, 1.165) is 25.1 Å². The minimum Gasteiger partial charge on any atom is -0.316 e. The fourth-order valence-electron chi connectivity index (χ4n) is 2.50. The molecule has 1 fully saturated rings. The molecule has 2 rings (SSSR count). The molecule has 0 bridgehead atoms. The van der Waals surface area contributed by atoms with E-state index >= 15 is 0 Å². The molecule has 82 valence electrons. The van der Waals surface area contributed by atoms with E-state index in [2.05, 4.69) is 18.3 Å². The van der Waals surface area contributed by atoms with Crippen LogP contribution in [0.25, 0.3) is 0 Å². The predicted molar refractivity (Wildman–Crippen MR) is 60.5 cm³/mol. The zero-order valence-electron chi connectivity index (χ0n) is 9.39. The lowest BCUT2D eigenvalue weighted by Crippen LogP contribution is -2.34. The van der Waals surface area contributed by atoms with Crippen LogP contribution in [0.2, 0.25) is 0 Å². The first kappa shape index (κ1) is 10.6. The van der Waals surface area contributed by atoms with Crippen LogP contribution in [-0.4, -0.2) is 13.1 Å². The summed E-state index contributed by atoms with van der Waals surface area (Å²) in [6.07, 6.45) is 1.12. The first-order valence-electron chi connectivity index (χ1n) is 5.66. The van der Waals surface area contributed by atoms with Gasteiger partial charge in [0, 0.05) is 0 Å². The van der Waals surface area contributed by atoms with Crippen LogP contribution in [0.1, 0.15) is 30.4 Å². The summed E-state index contributed by atoms with van der Waals surface area (Å²) < 4.78 is 13.4. The summed E-state index contributed by atoms with van der Waals surface area (Å²) in [5, 5.41) is 3.37. The molecule has 0 spiro atoms. The van der Waals surface area contributed by atoms with Crippen LogP contribution in [0.3, 0.4) is 0 Å². The number of piperidine rings is 1. The fourth-order valence-corrected chi connectivity index (χ4v) is 2.50. The van der Waals surface area contributed by atoms with Gasteiger partial charge in [-0.15, -0.1) is 0 Å². The van der Waals surface area contributed by atoms with E-state index < -0.39 is 0 Å². The largest absolute Gasteiger partial charge is 0.316 e. The molecule has 1 N–H and O–H groups in total. The molecule has 2 atom stereocenters. The third kappa shape index (κ3) is 2.05. The number of rotatable bonds is 1. The molecule has 1 saturated heterocycles. The Morgan fingerprint density at radius 3 is 2.93 bits per heavy atom. The Morgan fingerprint density at radius 1 is 1.40 bits per heavy atom. The lowest BCUT2D eigenvalue weighted by Gasteiger charge is -2.31. The zero-order valence-corrected chi connectivity index (χ0v) is 9.39. The Kier molecular flexibility index (Phi) is 3.06. The van der Waals surface area contributed by atoms with Crippen molar-refractivity contribution in [3.05, 3.63) is 35.1 Å². The van der Waals surface area contributed by atoms with E-state index in [1.54, 1.807) is 6.07 Å². The number of benzene rings is 1. The van der Waals surface area contributed by atoms with E-state index in [0.29, 0.717) is 11.8 Å². The van der Waals surface area contributed by atoms with Gasteiger partial charge in [0.05, 0.1) is 0 Å². The van der Waals surface area contributed by atoms with E-state index in [1.165, 1.54) is 5.56 Å². The highest BCUT2D eigenvalue weighted by Crippen LogP contribution is 2.32. The van der Waals surface area contributed by atoms with Crippen LogP contribution in [0.4, 0.5) is 4.39 Å². The molecule has 1 aromatic rings. The van der Waals surface area contributed by atoms with Crippen molar-refractivity contribution in [2.24, 2.45) is 5.92 Å². The van der Waals surface area contributed by atoms with Crippen molar-refractivity contribution >= 4 is 0 Å². The van der Waals surface area contributed by atoms with Crippen molar-refractivity contribution < 1.29 is 4.39 Å². The van der Waals surface area contributed by atoms with E-state index in [4.69, 9.17) is 0 Å². The van der Waals surface area contributed by atoms with Gasteiger partial charge in [-0.2, -0.15) is 0 Å². The van der Waals surface area contributed by atoms with E-state index in [9.17, 15) is 4.39 Å². The Morgan fingerprint density at radius 2 is 2.20 bits per heavy atom. The quantitative estimate of drug-likeness (QED) is 0.746. The molecule has 0 radical (unpaired) electrons. The maximum Gasteiger partial charge on any atom is 0.126 e. The normalized spacial score (nSPS) is 26.6. The lowest BCUT2D eigenvalue weighted by molar-refractivity contribution is 0.347.